The number of hydrogen-bond donors (Lipinski definition) is 1. The van der Waals surface area contributed by atoms with E-state index in [-0.39, 0.29) is 5.82 Å². The molecule has 0 bridgehead atoms. The molecule has 0 unspecified atom stereocenters. The number of alkyl halides is 3. The fraction of sp³-hybridized carbons (Fsp3) is 0.333. The van der Waals surface area contributed by atoms with Crippen LogP contribution in [0.2, 0.25) is 0 Å². The first kappa shape index (κ1) is 12.3. The minimum atomic E-state index is -4.59. The number of aryl methyl sites for hydroxylation is 2. The van der Waals surface area contributed by atoms with E-state index in [0.717, 1.165) is 6.07 Å². The maximum atomic E-state index is 12.6. The van der Waals surface area contributed by atoms with E-state index >= 15 is 0 Å². The van der Waals surface area contributed by atoms with Gasteiger partial charge in [-0.05, 0) is 13.8 Å². The van der Waals surface area contributed by atoms with Gasteiger partial charge in [0, 0.05) is 6.07 Å². The highest BCUT2D eigenvalue weighted by atomic mass is 19.4. The number of nitrogen functional groups attached to an aromatic ring is 1. The fourth-order valence-corrected chi connectivity index (χ4v) is 1.44. The van der Waals surface area contributed by atoms with Gasteiger partial charge in [-0.1, -0.05) is 0 Å². The molecular formula is C9H9F3N6. The van der Waals surface area contributed by atoms with Crippen LogP contribution in [0.4, 0.5) is 19.1 Å². The fourth-order valence-electron chi connectivity index (χ4n) is 1.44. The summed E-state index contributed by atoms with van der Waals surface area (Å²) in [4.78, 5) is 10.8. The van der Waals surface area contributed by atoms with Crippen LogP contribution in [0.25, 0.3) is 5.82 Å². The first-order valence-electron chi connectivity index (χ1n) is 4.90. The van der Waals surface area contributed by atoms with E-state index in [0.29, 0.717) is 11.6 Å². The van der Waals surface area contributed by atoms with E-state index < -0.39 is 17.8 Å². The molecule has 0 saturated heterocycles. The molecular weight excluding hydrogens is 249 g/mol. The summed E-state index contributed by atoms with van der Waals surface area (Å²) < 4.78 is 38.9. The summed E-state index contributed by atoms with van der Waals surface area (Å²) in [6, 6.07) is 0.775. The summed E-state index contributed by atoms with van der Waals surface area (Å²) in [6.45, 7) is 3.23. The Morgan fingerprint density at radius 2 is 1.83 bits per heavy atom. The molecule has 0 aliphatic heterocycles. The van der Waals surface area contributed by atoms with Gasteiger partial charge in [0.15, 0.2) is 11.5 Å². The number of halogens is 3. The van der Waals surface area contributed by atoms with Crippen LogP contribution in [-0.4, -0.2) is 24.7 Å². The second kappa shape index (κ2) is 3.93. The Morgan fingerprint density at radius 1 is 1.17 bits per heavy atom. The third-order valence-electron chi connectivity index (χ3n) is 2.11. The zero-order valence-corrected chi connectivity index (χ0v) is 9.52. The molecule has 6 nitrogen and oxygen atoms in total. The average Bonchev–Trinajstić information content (AvgIpc) is 2.55. The molecule has 0 fully saturated rings. The number of rotatable bonds is 1. The van der Waals surface area contributed by atoms with Crippen LogP contribution in [0.5, 0.6) is 0 Å². The maximum Gasteiger partial charge on any atom is 0.433 e. The summed E-state index contributed by atoms with van der Waals surface area (Å²) >= 11 is 0. The Hall–Kier alpha value is -2.19. The number of aromatic nitrogens is 5. The van der Waals surface area contributed by atoms with Crippen molar-refractivity contribution in [2.24, 2.45) is 0 Å². The quantitative estimate of drug-likeness (QED) is 0.833. The van der Waals surface area contributed by atoms with Crippen molar-refractivity contribution in [1.29, 1.82) is 0 Å². The minimum Gasteiger partial charge on any atom is -0.368 e. The lowest BCUT2D eigenvalue weighted by Gasteiger charge is -2.08. The molecule has 0 aliphatic rings. The molecule has 2 rings (SSSR count). The third kappa shape index (κ3) is 2.24. The second-order valence-electron chi connectivity index (χ2n) is 3.59. The van der Waals surface area contributed by atoms with Crippen LogP contribution in [0.1, 0.15) is 17.3 Å². The molecule has 0 aromatic carbocycles. The van der Waals surface area contributed by atoms with Gasteiger partial charge in [0.2, 0.25) is 5.95 Å². The van der Waals surface area contributed by atoms with Crippen molar-refractivity contribution >= 4 is 5.95 Å². The lowest BCUT2D eigenvalue weighted by Crippen LogP contribution is -2.14. The molecule has 0 radical (unpaired) electrons. The monoisotopic (exact) mass is 258 g/mol. The predicted octanol–water partition coefficient (Wildman–Crippen LogP) is 1.28. The molecule has 2 heterocycles. The highest BCUT2D eigenvalue weighted by Crippen LogP contribution is 2.28. The van der Waals surface area contributed by atoms with Gasteiger partial charge in [-0.25, -0.2) is 9.97 Å². The van der Waals surface area contributed by atoms with Crippen molar-refractivity contribution < 1.29 is 13.2 Å². The van der Waals surface area contributed by atoms with E-state index in [1.54, 1.807) is 13.8 Å². The molecule has 2 aromatic heterocycles. The lowest BCUT2D eigenvalue weighted by molar-refractivity contribution is -0.141. The third-order valence-corrected chi connectivity index (χ3v) is 2.11. The van der Waals surface area contributed by atoms with Gasteiger partial charge in [0.05, 0.1) is 0 Å². The first-order chi connectivity index (χ1) is 8.27. The van der Waals surface area contributed by atoms with Gasteiger partial charge in [0.25, 0.3) is 0 Å². The van der Waals surface area contributed by atoms with Gasteiger partial charge in [-0.3, -0.25) is 0 Å². The predicted molar refractivity (Wildman–Crippen MR) is 55.8 cm³/mol. The molecule has 0 atom stereocenters. The van der Waals surface area contributed by atoms with Crippen LogP contribution >= 0.6 is 0 Å². The van der Waals surface area contributed by atoms with E-state index in [9.17, 15) is 13.2 Å². The van der Waals surface area contributed by atoms with Crippen molar-refractivity contribution in [3.63, 3.8) is 0 Å². The Balaban J connectivity index is 2.59. The number of anilines is 1. The normalized spacial score (nSPS) is 11.8. The minimum absolute atomic E-state index is 0.0621. The Morgan fingerprint density at radius 3 is 2.33 bits per heavy atom. The molecule has 9 heteroatoms. The second-order valence-corrected chi connectivity index (χ2v) is 3.59. The topological polar surface area (TPSA) is 82.5 Å². The van der Waals surface area contributed by atoms with Gasteiger partial charge < -0.3 is 5.73 Å². The molecule has 2 aromatic rings. The van der Waals surface area contributed by atoms with Crippen molar-refractivity contribution in [3.8, 4) is 5.82 Å². The zero-order valence-electron chi connectivity index (χ0n) is 9.52. The molecule has 96 valence electrons. The van der Waals surface area contributed by atoms with Crippen LogP contribution in [0.15, 0.2) is 6.07 Å². The van der Waals surface area contributed by atoms with Crippen molar-refractivity contribution in [1.82, 2.24) is 24.7 Å². The molecule has 0 spiro atoms. The van der Waals surface area contributed by atoms with Gasteiger partial charge >= 0.3 is 6.18 Å². The van der Waals surface area contributed by atoms with E-state index in [1.807, 2.05) is 0 Å². The van der Waals surface area contributed by atoms with Crippen molar-refractivity contribution in [2.45, 2.75) is 20.0 Å². The highest BCUT2D eigenvalue weighted by Gasteiger charge is 2.33. The first-order valence-corrected chi connectivity index (χ1v) is 4.90. The van der Waals surface area contributed by atoms with E-state index in [1.165, 1.54) is 4.68 Å². The average molecular weight is 258 g/mol. The summed E-state index contributed by atoms with van der Waals surface area (Å²) in [7, 11) is 0. The smallest absolute Gasteiger partial charge is 0.368 e. The summed E-state index contributed by atoms with van der Waals surface area (Å²) in [6.07, 6.45) is -4.59. The van der Waals surface area contributed by atoms with Crippen LogP contribution in [0, 0.1) is 13.8 Å². The van der Waals surface area contributed by atoms with Gasteiger partial charge in [0.1, 0.15) is 11.6 Å². The standard InChI is InChI=1S/C9H9F3N6/c1-4-14-5(2)18(17-4)7-3-6(9(10,11)12)15-8(13)16-7/h3H,1-2H3,(H2,13,15,16). The summed E-state index contributed by atoms with van der Waals surface area (Å²) in [5.41, 5.74) is 4.15. The van der Waals surface area contributed by atoms with Gasteiger partial charge in [-0.15, -0.1) is 5.10 Å². The Bertz CT molecular complexity index is 588. The van der Waals surface area contributed by atoms with Crippen LogP contribution in [-0.2, 0) is 6.18 Å². The van der Waals surface area contributed by atoms with Crippen molar-refractivity contribution in [3.05, 3.63) is 23.4 Å². The van der Waals surface area contributed by atoms with Crippen molar-refractivity contribution in [2.75, 3.05) is 5.73 Å². The van der Waals surface area contributed by atoms with Gasteiger partial charge in [-0.2, -0.15) is 22.8 Å². The molecule has 0 aliphatic carbocycles. The lowest BCUT2D eigenvalue weighted by atomic mass is 10.4. The molecule has 2 N–H and O–H groups in total. The molecule has 0 saturated carbocycles. The summed E-state index contributed by atoms with van der Waals surface area (Å²) in [5, 5.41) is 3.94. The zero-order chi connectivity index (χ0) is 13.5. The highest BCUT2D eigenvalue weighted by molar-refractivity contribution is 5.33. The Labute approximate surface area is 99.7 Å². The van der Waals surface area contributed by atoms with E-state index in [4.69, 9.17) is 5.73 Å². The van der Waals surface area contributed by atoms with E-state index in [2.05, 4.69) is 20.1 Å². The SMILES string of the molecule is Cc1nc(C)n(-c2cc(C(F)(F)F)nc(N)n2)n1. The number of hydrogen-bond acceptors (Lipinski definition) is 5. The number of nitrogens with zero attached hydrogens (tertiary/aromatic N) is 5. The molecule has 0 amide bonds. The Kier molecular flexibility index (Phi) is 2.68. The van der Waals surface area contributed by atoms with Crippen LogP contribution < -0.4 is 5.73 Å². The summed E-state index contributed by atoms with van der Waals surface area (Å²) in [5.74, 6) is 0.317. The number of nitrogens with two attached hydrogens (primary N) is 1. The maximum absolute atomic E-state index is 12.6. The largest absolute Gasteiger partial charge is 0.433 e. The molecule has 18 heavy (non-hydrogen) atoms. The van der Waals surface area contributed by atoms with Crippen LogP contribution in [0.3, 0.4) is 0 Å².